The number of hydrogen-bond donors (Lipinski definition) is 0. The largest absolute Gasteiger partial charge is 0.311 e. The average molecular weight is 564 g/mol. The highest BCUT2D eigenvalue weighted by Crippen LogP contribution is 2.37. The Morgan fingerprint density at radius 1 is 0.273 bits per heavy atom. The second-order valence-corrected chi connectivity index (χ2v) is 11.2. The number of hydrogen-bond acceptors (Lipinski definition) is 1. The van der Waals surface area contributed by atoms with Crippen LogP contribution in [0, 0.1) is 6.92 Å². The molecule has 7 aromatic carbocycles. The summed E-state index contributed by atoms with van der Waals surface area (Å²) in [6.07, 6.45) is 0. The van der Waals surface area contributed by atoms with Gasteiger partial charge in [0.2, 0.25) is 0 Å². The molecule has 0 saturated carbocycles. The van der Waals surface area contributed by atoms with Gasteiger partial charge >= 0.3 is 0 Å². The van der Waals surface area contributed by atoms with E-state index in [0.717, 1.165) is 17.1 Å². The van der Waals surface area contributed by atoms with E-state index in [2.05, 4.69) is 194 Å². The molecule has 0 radical (unpaired) electrons. The first-order chi connectivity index (χ1) is 21.7. The highest BCUT2D eigenvalue weighted by atomic mass is 15.1. The summed E-state index contributed by atoms with van der Waals surface area (Å²) in [5, 5.41) is 0. The molecule has 0 aromatic heterocycles. The van der Waals surface area contributed by atoms with Crippen LogP contribution < -0.4 is 4.90 Å². The number of benzene rings is 7. The predicted molar refractivity (Wildman–Crippen MR) is 188 cm³/mol. The minimum Gasteiger partial charge on any atom is -0.311 e. The van der Waals surface area contributed by atoms with E-state index in [1.165, 1.54) is 50.1 Å². The van der Waals surface area contributed by atoms with Gasteiger partial charge in [0.15, 0.2) is 0 Å². The van der Waals surface area contributed by atoms with Crippen LogP contribution in [0.4, 0.5) is 17.1 Å². The first-order valence-corrected chi connectivity index (χ1v) is 15.1. The summed E-state index contributed by atoms with van der Waals surface area (Å²) in [5.74, 6) is 0. The molecule has 0 aliphatic heterocycles. The molecular weight excluding hydrogens is 530 g/mol. The maximum atomic E-state index is 2.31. The van der Waals surface area contributed by atoms with Gasteiger partial charge in [-0.2, -0.15) is 0 Å². The van der Waals surface area contributed by atoms with Crippen molar-refractivity contribution in [3.8, 4) is 44.5 Å². The van der Waals surface area contributed by atoms with Crippen LogP contribution in [-0.4, -0.2) is 0 Å². The summed E-state index contributed by atoms with van der Waals surface area (Å²) >= 11 is 0. The Hall–Kier alpha value is -5.66. The van der Waals surface area contributed by atoms with Crippen molar-refractivity contribution < 1.29 is 0 Å². The first-order valence-electron chi connectivity index (χ1n) is 15.1. The lowest BCUT2D eigenvalue weighted by Gasteiger charge is -2.26. The molecule has 0 atom stereocenters. The molecule has 1 nitrogen and oxygen atoms in total. The van der Waals surface area contributed by atoms with Crippen molar-refractivity contribution in [3.63, 3.8) is 0 Å². The molecule has 210 valence electrons. The normalized spacial score (nSPS) is 10.8. The fraction of sp³-hybridized carbons (Fsp3) is 0.0233. The van der Waals surface area contributed by atoms with E-state index in [1.54, 1.807) is 0 Å². The predicted octanol–water partition coefficient (Wildman–Crippen LogP) is 12.1. The standard InChI is InChI=1S/C43H33N/c1-32-18-20-35(21-19-32)37-12-8-14-39(30-37)40-15-9-13-38(31-40)36-24-28-43(29-25-36)44(41-16-6-3-7-17-41)42-26-22-34(23-27-42)33-10-4-2-5-11-33/h2-31H,1H3. The molecule has 0 unspecified atom stereocenters. The SMILES string of the molecule is Cc1ccc(-c2cccc(-c3cccc(-c4ccc(N(c5ccccc5)c5ccc(-c6ccccc6)cc5)cc4)c3)c2)cc1. The van der Waals surface area contributed by atoms with Gasteiger partial charge in [-0.1, -0.05) is 139 Å². The molecule has 0 aliphatic rings. The van der Waals surface area contributed by atoms with Crippen LogP contribution in [0.3, 0.4) is 0 Å². The van der Waals surface area contributed by atoms with Crippen LogP contribution in [0.15, 0.2) is 182 Å². The maximum absolute atomic E-state index is 2.31. The van der Waals surface area contributed by atoms with Crippen molar-refractivity contribution in [1.29, 1.82) is 0 Å². The highest BCUT2D eigenvalue weighted by Gasteiger charge is 2.13. The van der Waals surface area contributed by atoms with Crippen molar-refractivity contribution in [2.45, 2.75) is 6.92 Å². The molecule has 0 amide bonds. The van der Waals surface area contributed by atoms with E-state index >= 15 is 0 Å². The fourth-order valence-electron chi connectivity index (χ4n) is 5.76. The van der Waals surface area contributed by atoms with Gasteiger partial charge < -0.3 is 4.90 Å². The van der Waals surface area contributed by atoms with Gasteiger partial charge in [0.1, 0.15) is 0 Å². The number of aryl methyl sites for hydroxylation is 1. The third kappa shape index (κ3) is 5.82. The van der Waals surface area contributed by atoms with Crippen LogP contribution in [0.25, 0.3) is 44.5 Å². The zero-order valence-electron chi connectivity index (χ0n) is 24.8. The van der Waals surface area contributed by atoms with E-state index in [9.17, 15) is 0 Å². The van der Waals surface area contributed by atoms with Crippen molar-refractivity contribution in [3.05, 3.63) is 188 Å². The Labute approximate surface area is 260 Å². The van der Waals surface area contributed by atoms with Crippen molar-refractivity contribution in [1.82, 2.24) is 0 Å². The molecule has 44 heavy (non-hydrogen) atoms. The zero-order chi connectivity index (χ0) is 29.7. The summed E-state index contributed by atoms with van der Waals surface area (Å²) < 4.78 is 0. The number of rotatable bonds is 7. The van der Waals surface area contributed by atoms with Crippen LogP contribution in [0.5, 0.6) is 0 Å². The van der Waals surface area contributed by atoms with Gasteiger partial charge in [-0.25, -0.2) is 0 Å². The van der Waals surface area contributed by atoms with Gasteiger partial charge in [0, 0.05) is 17.1 Å². The molecule has 0 spiro atoms. The monoisotopic (exact) mass is 563 g/mol. The van der Waals surface area contributed by atoms with Crippen LogP contribution in [0.1, 0.15) is 5.56 Å². The highest BCUT2D eigenvalue weighted by molar-refractivity contribution is 5.81. The number of anilines is 3. The Bertz CT molecular complexity index is 1970. The molecule has 0 fully saturated rings. The summed E-state index contributed by atoms with van der Waals surface area (Å²) in [4.78, 5) is 2.31. The van der Waals surface area contributed by atoms with E-state index in [1.807, 2.05) is 0 Å². The van der Waals surface area contributed by atoms with Crippen LogP contribution in [-0.2, 0) is 0 Å². The summed E-state index contributed by atoms with van der Waals surface area (Å²) in [7, 11) is 0. The molecule has 0 aliphatic carbocycles. The number of para-hydroxylation sites is 1. The van der Waals surface area contributed by atoms with Crippen molar-refractivity contribution in [2.75, 3.05) is 4.90 Å². The topological polar surface area (TPSA) is 3.24 Å². The van der Waals surface area contributed by atoms with Crippen LogP contribution >= 0.6 is 0 Å². The minimum absolute atomic E-state index is 1.12. The van der Waals surface area contributed by atoms with E-state index in [-0.39, 0.29) is 0 Å². The smallest absolute Gasteiger partial charge is 0.0462 e. The summed E-state index contributed by atoms with van der Waals surface area (Å²) in [6.45, 7) is 2.13. The molecule has 0 bridgehead atoms. The summed E-state index contributed by atoms with van der Waals surface area (Å²) in [5.41, 5.74) is 14.4. The van der Waals surface area contributed by atoms with Gasteiger partial charge in [-0.05, 0) is 100.0 Å². The number of nitrogens with zero attached hydrogens (tertiary/aromatic N) is 1. The Kier molecular flexibility index (Phi) is 7.60. The molecule has 0 saturated heterocycles. The third-order valence-corrected chi connectivity index (χ3v) is 8.15. The molecule has 0 N–H and O–H groups in total. The zero-order valence-corrected chi connectivity index (χ0v) is 24.8. The molecule has 0 heterocycles. The molecule has 1 heteroatoms. The molecule has 7 aromatic rings. The molecule has 7 rings (SSSR count). The van der Waals surface area contributed by atoms with Crippen molar-refractivity contribution in [2.24, 2.45) is 0 Å². The second kappa shape index (κ2) is 12.3. The Morgan fingerprint density at radius 2 is 0.591 bits per heavy atom. The van der Waals surface area contributed by atoms with E-state index in [0.29, 0.717) is 0 Å². The van der Waals surface area contributed by atoms with Gasteiger partial charge in [0.05, 0.1) is 0 Å². The van der Waals surface area contributed by atoms with E-state index < -0.39 is 0 Å². The average Bonchev–Trinajstić information content (AvgIpc) is 3.10. The van der Waals surface area contributed by atoms with Gasteiger partial charge in [-0.15, -0.1) is 0 Å². The van der Waals surface area contributed by atoms with E-state index in [4.69, 9.17) is 0 Å². The quantitative estimate of drug-likeness (QED) is 0.186. The third-order valence-electron chi connectivity index (χ3n) is 8.15. The lowest BCUT2D eigenvalue weighted by Crippen LogP contribution is -2.09. The molecular formula is C43H33N. The van der Waals surface area contributed by atoms with Crippen LogP contribution in [0.2, 0.25) is 0 Å². The second-order valence-electron chi connectivity index (χ2n) is 11.2. The summed E-state index contributed by atoms with van der Waals surface area (Å²) in [6, 6.07) is 65.2. The lowest BCUT2D eigenvalue weighted by molar-refractivity contribution is 1.28. The van der Waals surface area contributed by atoms with Crippen molar-refractivity contribution >= 4 is 17.1 Å². The first kappa shape index (κ1) is 27.2. The maximum Gasteiger partial charge on any atom is 0.0462 e. The minimum atomic E-state index is 1.12. The fourth-order valence-corrected chi connectivity index (χ4v) is 5.76. The van der Waals surface area contributed by atoms with Gasteiger partial charge in [-0.3, -0.25) is 0 Å². The van der Waals surface area contributed by atoms with Gasteiger partial charge in [0.25, 0.3) is 0 Å². The Morgan fingerprint density at radius 3 is 1.07 bits per heavy atom. The Balaban J connectivity index is 1.19. The lowest BCUT2D eigenvalue weighted by atomic mass is 9.96.